The first kappa shape index (κ1) is 29.2. The molecule has 2 saturated carbocycles. The maximum Gasteiger partial charge on any atom is 0.141 e. The van der Waals surface area contributed by atoms with Crippen LogP contribution in [0, 0.1) is 11.8 Å². The van der Waals surface area contributed by atoms with Crippen molar-refractivity contribution >= 4 is 11.4 Å². The lowest BCUT2D eigenvalue weighted by atomic mass is 9.66. The van der Waals surface area contributed by atoms with Crippen LogP contribution in [0.5, 0.6) is 0 Å². The van der Waals surface area contributed by atoms with Crippen LogP contribution in [0.15, 0.2) is 18.2 Å². The van der Waals surface area contributed by atoms with Gasteiger partial charge < -0.3 is 35.4 Å². The van der Waals surface area contributed by atoms with Crippen LogP contribution in [0.4, 0.5) is 11.4 Å². The molecule has 8 atom stereocenters. The monoisotopic (exact) mass is 583 g/mol. The van der Waals surface area contributed by atoms with Gasteiger partial charge in [0.15, 0.2) is 0 Å². The zero-order chi connectivity index (χ0) is 29.3. The summed E-state index contributed by atoms with van der Waals surface area (Å²) < 4.78 is 6.35. The molecule has 4 heterocycles. The summed E-state index contributed by atoms with van der Waals surface area (Å²) in [7, 11) is 6.66. The van der Waals surface area contributed by atoms with Crippen molar-refractivity contribution in [3.8, 4) is 0 Å². The number of nitrogens with two attached hydrogens (primary N) is 1. The molecular formula is C32H53N7O3. The third-order valence-electron chi connectivity index (χ3n) is 12.2. The van der Waals surface area contributed by atoms with Crippen molar-refractivity contribution in [2.75, 3.05) is 50.7 Å². The fraction of sp³-hybridized carbons (Fsp3) is 0.812. The molecule has 0 radical (unpaired) electrons. The first-order valence-corrected chi connectivity index (χ1v) is 16.4. The van der Waals surface area contributed by atoms with Gasteiger partial charge in [-0.2, -0.15) is 0 Å². The second-order valence-corrected chi connectivity index (χ2v) is 14.6. The molecule has 4 aliphatic heterocycles. The molecule has 6 N–H and O–H groups in total. The summed E-state index contributed by atoms with van der Waals surface area (Å²) >= 11 is 0. The Morgan fingerprint density at radius 1 is 1.07 bits per heavy atom. The molecule has 6 aliphatic rings. The molecule has 1 aromatic rings. The van der Waals surface area contributed by atoms with E-state index in [2.05, 4.69) is 76.5 Å². The summed E-state index contributed by atoms with van der Waals surface area (Å²) in [5.74, 6) is 1.00. The van der Waals surface area contributed by atoms with Gasteiger partial charge in [-0.3, -0.25) is 15.5 Å². The molecular weight excluding hydrogens is 530 g/mol. The van der Waals surface area contributed by atoms with Gasteiger partial charge >= 0.3 is 0 Å². The second kappa shape index (κ2) is 11.1. The predicted molar refractivity (Wildman–Crippen MR) is 165 cm³/mol. The highest BCUT2D eigenvalue weighted by Gasteiger charge is 2.52. The summed E-state index contributed by atoms with van der Waals surface area (Å²) in [4.78, 5) is 9.49. The van der Waals surface area contributed by atoms with Gasteiger partial charge in [0.1, 0.15) is 30.7 Å². The number of likely N-dealkylation sites (N-methyl/N-ethyl adjacent to an activating group) is 1. The maximum atomic E-state index is 10.9. The lowest BCUT2D eigenvalue weighted by molar-refractivity contribution is -0.111. The predicted octanol–water partition coefficient (Wildman–Crippen LogP) is 1.36. The Morgan fingerprint density at radius 2 is 1.83 bits per heavy atom. The summed E-state index contributed by atoms with van der Waals surface area (Å²) in [6.07, 6.45) is 7.41. The lowest BCUT2D eigenvalue weighted by Crippen LogP contribution is -2.64. The zero-order valence-corrected chi connectivity index (χ0v) is 26.0. The molecule has 3 saturated heterocycles. The number of likely N-dealkylation sites (tertiary alicyclic amines) is 1. The van der Waals surface area contributed by atoms with E-state index in [-0.39, 0.29) is 18.2 Å². The summed E-state index contributed by atoms with van der Waals surface area (Å²) in [5.41, 5.74) is 10.9. The van der Waals surface area contributed by atoms with Crippen LogP contribution in [-0.2, 0) is 10.2 Å². The van der Waals surface area contributed by atoms with E-state index in [9.17, 15) is 10.2 Å². The van der Waals surface area contributed by atoms with Gasteiger partial charge in [-0.15, -0.1) is 0 Å². The van der Waals surface area contributed by atoms with Crippen LogP contribution in [0.3, 0.4) is 0 Å². The van der Waals surface area contributed by atoms with Gasteiger partial charge in [-0.05, 0) is 81.0 Å². The van der Waals surface area contributed by atoms with E-state index >= 15 is 0 Å². The number of rotatable bonds is 8. The standard InChI is InChI=1S/C32H53N7O3/c1-32(11-5-12-32)20-7-8-23-24(16-20)38(4)26(37(23)3)9-6-19-14-21(15-19)36(2)17-25-27(40)28(41)31(42-25)39-13-10-22-29(33)34-18-35-30(22)39/h7-8,16,19,21-22,25-31,34-35,40-41H,5-6,9-15,17-18,33H2,1-4H3/t19-,21+,22?,25-,26?,27-,28-,29?,30?,31-/m1/s1. The molecule has 2 aliphatic carbocycles. The first-order valence-electron chi connectivity index (χ1n) is 16.4. The van der Waals surface area contributed by atoms with Crippen LogP contribution in [0.25, 0.3) is 0 Å². The molecule has 5 fully saturated rings. The zero-order valence-electron chi connectivity index (χ0n) is 26.0. The van der Waals surface area contributed by atoms with Crippen LogP contribution < -0.4 is 26.2 Å². The van der Waals surface area contributed by atoms with E-state index in [0.29, 0.717) is 30.8 Å². The molecule has 1 aromatic carbocycles. The molecule has 4 unspecified atom stereocenters. The molecule has 10 heteroatoms. The number of hydrogen-bond donors (Lipinski definition) is 5. The van der Waals surface area contributed by atoms with Crippen LogP contribution in [0.1, 0.15) is 63.9 Å². The first-order chi connectivity index (χ1) is 20.1. The fourth-order valence-corrected chi connectivity index (χ4v) is 8.92. The highest BCUT2D eigenvalue weighted by molar-refractivity contribution is 5.78. The average Bonchev–Trinajstić information content (AvgIpc) is 3.56. The molecule has 0 amide bonds. The van der Waals surface area contributed by atoms with Gasteiger partial charge in [0.2, 0.25) is 0 Å². The minimum atomic E-state index is -0.915. The summed E-state index contributed by atoms with van der Waals surface area (Å²) in [6.45, 7) is 4.49. The molecule has 0 bridgehead atoms. The van der Waals surface area contributed by atoms with Crippen LogP contribution in [0.2, 0.25) is 0 Å². The molecule has 0 spiro atoms. The van der Waals surface area contributed by atoms with Crippen molar-refractivity contribution in [2.24, 2.45) is 17.6 Å². The minimum Gasteiger partial charge on any atom is -0.387 e. The molecule has 7 rings (SSSR count). The third kappa shape index (κ3) is 4.86. The van der Waals surface area contributed by atoms with Crippen LogP contribution in [-0.4, -0.2) is 110 Å². The van der Waals surface area contributed by atoms with Crippen molar-refractivity contribution in [3.63, 3.8) is 0 Å². The summed E-state index contributed by atoms with van der Waals surface area (Å²) in [5, 5.41) is 28.6. The molecule has 234 valence electrons. The van der Waals surface area contributed by atoms with Crippen molar-refractivity contribution in [1.82, 2.24) is 20.4 Å². The Kier molecular flexibility index (Phi) is 7.75. The fourth-order valence-electron chi connectivity index (χ4n) is 8.92. The number of nitrogens with zero attached hydrogens (tertiary/aromatic N) is 4. The van der Waals surface area contributed by atoms with Crippen LogP contribution >= 0.6 is 0 Å². The highest BCUT2D eigenvalue weighted by atomic mass is 16.6. The smallest absolute Gasteiger partial charge is 0.141 e. The molecule has 42 heavy (non-hydrogen) atoms. The number of benzene rings is 1. The Labute approximate surface area is 251 Å². The van der Waals surface area contributed by atoms with Gasteiger partial charge in [-0.25, -0.2) is 0 Å². The van der Waals surface area contributed by atoms with Crippen molar-refractivity contribution in [2.45, 2.75) is 113 Å². The normalized spacial score (nSPS) is 41.1. The SMILES string of the molecule is CN1c2ccc(C3(C)CCC3)cc2N(C)C1CC[C@H]1C[C@@H](N(C)C[C@H]2O[C@@H](N3CCC4C(N)NCNC43)[C@H](O)[C@@H]2O)C1. The van der Waals surface area contributed by atoms with E-state index < -0.39 is 24.5 Å². The third-order valence-corrected chi connectivity index (χ3v) is 12.2. The topological polar surface area (TPSA) is 113 Å². The average molecular weight is 584 g/mol. The number of ether oxygens (including phenoxy) is 1. The van der Waals surface area contributed by atoms with E-state index in [1.54, 1.807) is 0 Å². The Hall–Kier alpha value is -1.50. The van der Waals surface area contributed by atoms with E-state index in [1.165, 1.54) is 61.9 Å². The van der Waals surface area contributed by atoms with Crippen molar-refractivity contribution < 1.29 is 14.9 Å². The quantitative estimate of drug-likeness (QED) is 0.308. The summed E-state index contributed by atoms with van der Waals surface area (Å²) in [6, 6.07) is 7.68. The van der Waals surface area contributed by atoms with Gasteiger partial charge in [0.05, 0.1) is 23.7 Å². The number of anilines is 2. The second-order valence-electron chi connectivity index (χ2n) is 14.6. The number of aliphatic hydroxyl groups is 2. The number of fused-ring (bicyclic) bond motifs is 2. The Bertz CT molecular complexity index is 1130. The Balaban J connectivity index is 0.883. The lowest BCUT2D eigenvalue weighted by Gasteiger charge is -2.43. The van der Waals surface area contributed by atoms with Crippen molar-refractivity contribution in [1.29, 1.82) is 0 Å². The van der Waals surface area contributed by atoms with E-state index in [1.807, 2.05) is 0 Å². The molecule has 0 aromatic heterocycles. The number of hydrogen-bond acceptors (Lipinski definition) is 10. The Morgan fingerprint density at radius 3 is 2.57 bits per heavy atom. The largest absolute Gasteiger partial charge is 0.387 e. The van der Waals surface area contributed by atoms with E-state index in [0.717, 1.165) is 18.9 Å². The highest BCUT2D eigenvalue weighted by Crippen LogP contribution is 2.48. The van der Waals surface area contributed by atoms with Gasteiger partial charge in [0, 0.05) is 45.8 Å². The van der Waals surface area contributed by atoms with Gasteiger partial charge in [-0.1, -0.05) is 19.4 Å². The number of nitrogens with one attached hydrogen (secondary N) is 2. The minimum absolute atomic E-state index is 0.0589. The molecule has 10 nitrogen and oxygen atoms in total. The van der Waals surface area contributed by atoms with E-state index in [4.69, 9.17) is 10.5 Å². The van der Waals surface area contributed by atoms with Gasteiger partial charge in [0.25, 0.3) is 0 Å². The maximum absolute atomic E-state index is 10.9. The number of aliphatic hydroxyl groups excluding tert-OH is 2. The van der Waals surface area contributed by atoms with Crippen molar-refractivity contribution in [3.05, 3.63) is 23.8 Å².